The minimum atomic E-state index is -0.620. The maximum Gasteiger partial charge on any atom is 0.271 e. The Hall–Kier alpha value is -3.66. The Morgan fingerprint density at radius 1 is 1.22 bits per heavy atom. The van der Waals surface area contributed by atoms with Crippen LogP contribution in [0.1, 0.15) is 23.4 Å². The Morgan fingerprint density at radius 3 is 2.69 bits per heavy atom. The minimum Gasteiger partial charge on any atom is -0.503 e. The number of ether oxygens (including phenoxy) is 1. The van der Waals surface area contributed by atoms with Gasteiger partial charge in [-0.15, -0.1) is 11.3 Å². The number of para-hydroxylation sites is 1. The highest BCUT2D eigenvalue weighted by atomic mass is 35.5. The van der Waals surface area contributed by atoms with E-state index in [9.17, 15) is 14.7 Å². The molecule has 1 aliphatic rings. The summed E-state index contributed by atoms with van der Waals surface area (Å²) < 4.78 is 7.16. The first-order chi connectivity index (χ1) is 17.4. The number of methoxy groups -OCH3 is 1. The van der Waals surface area contributed by atoms with Gasteiger partial charge in [0.05, 0.1) is 27.9 Å². The predicted molar refractivity (Wildman–Crippen MR) is 143 cm³/mol. The summed E-state index contributed by atoms with van der Waals surface area (Å²) in [4.78, 5) is 33.1. The normalized spacial score (nSPS) is 15.4. The van der Waals surface area contributed by atoms with Crippen molar-refractivity contribution in [1.29, 1.82) is 0 Å². The van der Waals surface area contributed by atoms with Gasteiger partial charge >= 0.3 is 0 Å². The molecule has 0 radical (unpaired) electrons. The van der Waals surface area contributed by atoms with Crippen LogP contribution in [0.2, 0.25) is 5.02 Å². The van der Waals surface area contributed by atoms with Crippen molar-refractivity contribution in [3.05, 3.63) is 106 Å². The molecule has 4 aromatic rings. The summed E-state index contributed by atoms with van der Waals surface area (Å²) in [6.45, 7) is 1.78. The molecule has 0 saturated heterocycles. The van der Waals surface area contributed by atoms with E-state index in [-0.39, 0.29) is 28.0 Å². The number of hydrogen-bond acceptors (Lipinski definition) is 7. The van der Waals surface area contributed by atoms with Crippen LogP contribution in [-0.2, 0) is 4.79 Å². The van der Waals surface area contributed by atoms with Crippen molar-refractivity contribution in [2.24, 2.45) is 4.99 Å². The van der Waals surface area contributed by atoms with Crippen molar-refractivity contribution >= 4 is 51.9 Å². The molecular formula is C26H20ClN3O4S2. The number of fused-ring (bicyclic) bond motifs is 1. The first-order valence-electron chi connectivity index (χ1n) is 10.9. The lowest BCUT2D eigenvalue weighted by Crippen LogP contribution is -2.40. The maximum absolute atomic E-state index is 13.7. The lowest BCUT2D eigenvalue weighted by atomic mass is 10.0. The van der Waals surface area contributed by atoms with Gasteiger partial charge < -0.3 is 15.2 Å². The number of thiophene rings is 1. The molecule has 1 atom stereocenters. The Kier molecular flexibility index (Phi) is 6.53. The number of phenols is 1. The number of aromatic hydroxyl groups is 1. The summed E-state index contributed by atoms with van der Waals surface area (Å²) in [6.07, 6.45) is 1.67. The van der Waals surface area contributed by atoms with Gasteiger partial charge in [0.1, 0.15) is 6.04 Å². The summed E-state index contributed by atoms with van der Waals surface area (Å²) in [5, 5.41) is 15.0. The number of phenolic OH excluding ortho intramolecular Hbond substituents is 1. The van der Waals surface area contributed by atoms with Gasteiger partial charge in [-0.3, -0.25) is 14.2 Å². The zero-order valence-electron chi connectivity index (χ0n) is 19.2. The van der Waals surface area contributed by atoms with Crippen LogP contribution < -0.4 is 24.9 Å². The minimum absolute atomic E-state index is 0.112. The summed E-state index contributed by atoms with van der Waals surface area (Å²) >= 11 is 8.83. The van der Waals surface area contributed by atoms with Crippen LogP contribution in [-0.4, -0.2) is 22.7 Å². The van der Waals surface area contributed by atoms with E-state index in [1.54, 1.807) is 41.8 Å². The second kappa shape index (κ2) is 9.77. The SMILES string of the molecule is COc1cc(/C=c2\sc3n(c2=O)[C@@H](c2cccs2)C(C(=O)Nc2ccccc2)=C(C)N=3)cc(Cl)c1O. The zero-order chi connectivity index (χ0) is 25.4. The average molecular weight is 538 g/mol. The van der Waals surface area contributed by atoms with E-state index in [2.05, 4.69) is 10.3 Å². The lowest BCUT2D eigenvalue weighted by molar-refractivity contribution is -0.113. The third-order valence-electron chi connectivity index (χ3n) is 5.68. The number of nitrogens with one attached hydrogen (secondary N) is 1. The number of thiazole rings is 1. The van der Waals surface area contributed by atoms with E-state index >= 15 is 0 Å². The van der Waals surface area contributed by atoms with E-state index in [4.69, 9.17) is 16.3 Å². The Bertz CT molecular complexity index is 1670. The van der Waals surface area contributed by atoms with Gasteiger partial charge in [0.25, 0.3) is 11.5 Å². The van der Waals surface area contributed by atoms with Gasteiger partial charge in [0.2, 0.25) is 0 Å². The summed E-state index contributed by atoms with van der Waals surface area (Å²) in [6, 6.07) is 15.5. The van der Waals surface area contributed by atoms with Gasteiger partial charge in [-0.25, -0.2) is 4.99 Å². The Labute approximate surface area is 218 Å². The number of hydrogen-bond donors (Lipinski definition) is 2. The van der Waals surface area contributed by atoms with Gasteiger partial charge in [-0.05, 0) is 54.3 Å². The molecule has 1 amide bonds. The molecule has 0 spiro atoms. The highest BCUT2D eigenvalue weighted by molar-refractivity contribution is 7.10. The highest BCUT2D eigenvalue weighted by Crippen LogP contribution is 2.35. The van der Waals surface area contributed by atoms with Crippen LogP contribution >= 0.6 is 34.3 Å². The van der Waals surface area contributed by atoms with Crippen molar-refractivity contribution in [2.75, 3.05) is 12.4 Å². The van der Waals surface area contributed by atoms with E-state index < -0.39 is 6.04 Å². The number of carbonyl (C=O) groups excluding carboxylic acids is 1. The summed E-state index contributed by atoms with van der Waals surface area (Å²) in [5.41, 5.74) is 1.92. The number of rotatable bonds is 5. The molecule has 1 aliphatic heterocycles. The Balaban J connectivity index is 1.65. The van der Waals surface area contributed by atoms with Crippen molar-refractivity contribution in [3.63, 3.8) is 0 Å². The number of benzene rings is 2. The fourth-order valence-electron chi connectivity index (χ4n) is 4.03. The standard InChI is InChI=1S/C26H20ClN3O4S2/c1-14-21(24(32)29-16-7-4-3-5-8-16)22(19-9-6-10-35-19)30-25(33)20(36-26(30)28-14)13-15-11-17(27)23(31)18(12-15)34-2/h3-13,22,31H,1-2H3,(H,29,32)/b20-13-/t22-/m0/s1. The average Bonchev–Trinajstić information content (AvgIpc) is 3.49. The highest BCUT2D eigenvalue weighted by Gasteiger charge is 2.33. The second-order valence-corrected chi connectivity index (χ2v) is 10.4. The number of amides is 1. The third kappa shape index (κ3) is 4.37. The van der Waals surface area contributed by atoms with E-state index in [1.165, 1.54) is 29.8 Å². The molecule has 2 aromatic carbocycles. The maximum atomic E-state index is 13.7. The van der Waals surface area contributed by atoms with Crippen molar-refractivity contribution in [1.82, 2.24) is 4.57 Å². The van der Waals surface area contributed by atoms with E-state index in [0.29, 0.717) is 31.9 Å². The molecule has 0 aliphatic carbocycles. The molecule has 10 heteroatoms. The molecule has 182 valence electrons. The van der Waals surface area contributed by atoms with Crippen LogP contribution in [0.3, 0.4) is 0 Å². The number of anilines is 1. The third-order valence-corrected chi connectivity index (χ3v) is 7.87. The molecule has 5 rings (SSSR count). The van der Waals surface area contributed by atoms with E-state index in [0.717, 1.165) is 4.88 Å². The number of nitrogens with zero attached hydrogens (tertiary/aromatic N) is 2. The largest absolute Gasteiger partial charge is 0.503 e. The number of aromatic nitrogens is 1. The molecule has 2 N–H and O–H groups in total. The molecule has 2 aromatic heterocycles. The van der Waals surface area contributed by atoms with E-state index in [1.807, 2.05) is 35.7 Å². The van der Waals surface area contributed by atoms with Crippen LogP contribution in [0.4, 0.5) is 5.69 Å². The Morgan fingerprint density at radius 2 is 2.00 bits per heavy atom. The second-order valence-electron chi connectivity index (χ2n) is 7.97. The van der Waals surface area contributed by atoms with Gasteiger partial charge in [-0.2, -0.15) is 0 Å². The molecule has 36 heavy (non-hydrogen) atoms. The zero-order valence-corrected chi connectivity index (χ0v) is 21.6. The predicted octanol–water partition coefficient (Wildman–Crippen LogP) is 4.30. The number of carbonyl (C=O) groups is 1. The quantitative estimate of drug-likeness (QED) is 0.397. The first-order valence-corrected chi connectivity index (χ1v) is 12.9. The van der Waals surface area contributed by atoms with Gasteiger partial charge in [0.15, 0.2) is 16.3 Å². The van der Waals surface area contributed by atoms with Crippen LogP contribution in [0.5, 0.6) is 11.5 Å². The summed E-state index contributed by atoms with van der Waals surface area (Å²) in [5.74, 6) is -0.279. The number of allylic oxidation sites excluding steroid dienone is 1. The lowest BCUT2D eigenvalue weighted by Gasteiger charge is -2.24. The first kappa shape index (κ1) is 24.1. The fraction of sp³-hybridized carbons (Fsp3) is 0.115. The van der Waals surface area contributed by atoms with Gasteiger partial charge in [0, 0.05) is 10.6 Å². The van der Waals surface area contributed by atoms with Crippen molar-refractivity contribution < 1.29 is 14.6 Å². The van der Waals surface area contributed by atoms with Crippen LogP contribution in [0.25, 0.3) is 6.08 Å². The molecule has 0 fully saturated rings. The molecule has 7 nitrogen and oxygen atoms in total. The van der Waals surface area contributed by atoms with Crippen LogP contribution in [0, 0.1) is 0 Å². The molecule has 0 bridgehead atoms. The fourth-order valence-corrected chi connectivity index (χ4v) is 6.12. The monoisotopic (exact) mass is 537 g/mol. The van der Waals surface area contributed by atoms with Crippen LogP contribution in [0.15, 0.2) is 81.0 Å². The molecule has 0 unspecified atom stereocenters. The van der Waals surface area contributed by atoms with Gasteiger partial charge in [-0.1, -0.05) is 47.2 Å². The molecule has 0 saturated carbocycles. The molecular weight excluding hydrogens is 518 g/mol. The van der Waals surface area contributed by atoms with Crippen molar-refractivity contribution in [2.45, 2.75) is 13.0 Å². The molecule has 3 heterocycles. The number of halogens is 1. The van der Waals surface area contributed by atoms with Crippen molar-refractivity contribution in [3.8, 4) is 11.5 Å². The summed E-state index contributed by atoms with van der Waals surface area (Å²) in [7, 11) is 1.43. The smallest absolute Gasteiger partial charge is 0.271 e. The topological polar surface area (TPSA) is 92.9 Å².